The molecule has 0 radical (unpaired) electrons. The fourth-order valence-electron chi connectivity index (χ4n) is 2.08. The van der Waals surface area contributed by atoms with Crippen LogP contribution in [0.15, 0.2) is 30.4 Å². The minimum absolute atomic E-state index is 0.169. The summed E-state index contributed by atoms with van der Waals surface area (Å²) in [6.07, 6.45) is 9.16. The summed E-state index contributed by atoms with van der Waals surface area (Å²) in [7, 11) is 0. The Morgan fingerprint density at radius 3 is 2.81 bits per heavy atom. The maximum absolute atomic E-state index is 11.6. The third-order valence-corrected chi connectivity index (χ3v) is 3.25. The molecule has 0 saturated carbocycles. The van der Waals surface area contributed by atoms with Gasteiger partial charge in [-0.25, -0.2) is 0 Å². The number of aryl methyl sites for hydroxylation is 1. The van der Waals surface area contributed by atoms with E-state index in [1.165, 1.54) is 0 Å². The van der Waals surface area contributed by atoms with Gasteiger partial charge in [0.15, 0.2) is 17.3 Å². The minimum Gasteiger partial charge on any atom is -0.504 e. The van der Waals surface area contributed by atoms with Crippen molar-refractivity contribution < 1.29 is 14.6 Å². The fourth-order valence-corrected chi connectivity index (χ4v) is 2.08. The van der Waals surface area contributed by atoms with Gasteiger partial charge in [-0.3, -0.25) is 4.79 Å². The second-order valence-electron chi connectivity index (χ2n) is 5.10. The van der Waals surface area contributed by atoms with Crippen molar-refractivity contribution in [3.63, 3.8) is 0 Å². The molecule has 21 heavy (non-hydrogen) atoms. The van der Waals surface area contributed by atoms with Crippen molar-refractivity contribution in [2.24, 2.45) is 0 Å². The Kier molecular flexibility index (Phi) is 8.25. The predicted octanol–water partition coefficient (Wildman–Crippen LogP) is 4.43. The second-order valence-corrected chi connectivity index (χ2v) is 5.10. The molecule has 0 spiro atoms. The van der Waals surface area contributed by atoms with Gasteiger partial charge in [-0.2, -0.15) is 0 Å². The van der Waals surface area contributed by atoms with Crippen LogP contribution in [-0.2, 0) is 11.2 Å². The molecule has 0 saturated heterocycles. The maximum atomic E-state index is 11.6. The largest absolute Gasteiger partial charge is 0.504 e. The van der Waals surface area contributed by atoms with Gasteiger partial charge in [-0.15, -0.1) is 0 Å². The summed E-state index contributed by atoms with van der Waals surface area (Å²) >= 11 is 0. The zero-order valence-corrected chi connectivity index (χ0v) is 13.1. The minimum atomic E-state index is 0.169. The normalized spacial score (nSPS) is 11.0. The summed E-state index contributed by atoms with van der Waals surface area (Å²) in [5, 5.41) is 9.63. The van der Waals surface area contributed by atoms with Crippen LogP contribution in [0.25, 0.3) is 0 Å². The van der Waals surface area contributed by atoms with Crippen molar-refractivity contribution >= 4 is 5.78 Å². The zero-order chi connectivity index (χ0) is 15.5. The van der Waals surface area contributed by atoms with E-state index in [1.54, 1.807) is 12.1 Å². The number of benzene rings is 1. The van der Waals surface area contributed by atoms with Crippen molar-refractivity contribution in [1.29, 1.82) is 0 Å². The summed E-state index contributed by atoms with van der Waals surface area (Å²) in [5.74, 6) is 0.904. The number of ether oxygens (including phenoxy) is 1. The van der Waals surface area contributed by atoms with Crippen molar-refractivity contribution in [3.05, 3.63) is 35.9 Å². The Balaban J connectivity index is 2.38. The highest BCUT2D eigenvalue weighted by molar-refractivity contribution is 5.89. The molecule has 0 heterocycles. The lowest BCUT2D eigenvalue weighted by molar-refractivity contribution is -0.114. The van der Waals surface area contributed by atoms with Crippen LogP contribution in [0, 0.1) is 0 Å². The Hall–Kier alpha value is -1.77. The van der Waals surface area contributed by atoms with Gasteiger partial charge in [-0.1, -0.05) is 31.9 Å². The highest BCUT2D eigenvalue weighted by Gasteiger charge is 2.03. The first-order valence-corrected chi connectivity index (χ1v) is 7.81. The van der Waals surface area contributed by atoms with Crippen molar-refractivity contribution in [2.45, 2.75) is 52.4 Å². The van der Waals surface area contributed by atoms with E-state index in [0.717, 1.165) is 37.7 Å². The highest BCUT2D eigenvalue weighted by atomic mass is 16.5. The molecule has 0 bridgehead atoms. The highest BCUT2D eigenvalue weighted by Crippen LogP contribution is 2.27. The summed E-state index contributed by atoms with van der Waals surface area (Å²) in [4.78, 5) is 11.6. The van der Waals surface area contributed by atoms with Crippen LogP contribution in [0.5, 0.6) is 11.5 Å². The van der Waals surface area contributed by atoms with Gasteiger partial charge in [0.1, 0.15) is 0 Å². The number of hydrogen-bond donors (Lipinski definition) is 1. The molecule has 116 valence electrons. The molecular weight excluding hydrogens is 264 g/mol. The topological polar surface area (TPSA) is 46.5 Å². The van der Waals surface area contributed by atoms with Crippen LogP contribution >= 0.6 is 0 Å². The Morgan fingerprint density at radius 1 is 1.29 bits per heavy atom. The number of allylic oxidation sites excluding steroid dienone is 2. The SMILES string of the molecule is CCCCCC(=O)C=CCCc1ccc(O)c(OCC)c1. The van der Waals surface area contributed by atoms with Crippen LogP contribution in [0.1, 0.15) is 51.5 Å². The number of carbonyl (C=O) groups is 1. The number of unbranched alkanes of at least 4 members (excludes halogenated alkanes) is 2. The van der Waals surface area contributed by atoms with Crippen LogP contribution in [0.2, 0.25) is 0 Å². The second kappa shape index (κ2) is 10.0. The summed E-state index contributed by atoms with van der Waals surface area (Å²) < 4.78 is 5.35. The number of phenols is 1. The van der Waals surface area contributed by atoms with Gasteiger partial charge in [0, 0.05) is 6.42 Å². The van der Waals surface area contributed by atoms with Crippen molar-refractivity contribution in [1.82, 2.24) is 0 Å². The van der Waals surface area contributed by atoms with E-state index < -0.39 is 0 Å². The molecule has 0 atom stereocenters. The number of ketones is 1. The summed E-state index contributed by atoms with van der Waals surface area (Å²) in [5.41, 5.74) is 1.10. The van der Waals surface area contributed by atoms with Gasteiger partial charge in [0.2, 0.25) is 0 Å². The number of hydrogen-bond acceptors (Lipinski definition) is 3. The molecule has 1 rings (SSSR count). The standard InChI is InChI=1S/C18H26O3/c1-3-5-6-10-16(19)11-8-7-9-15-12-13-17(20)18(14-15)21-4-2/h8,11-14,20H,3-7,9-10H2,1-2H3. The zero-order valence-electron chi connectivity index (χ0n) is 13.1. The first-order valence-electron chi connectivity index (χ1n) is 7.81. The Morgan fingerprint density at radius 2 is 2.10 bits per heavy atom. The third-order valence-electron chi connectivity index (χ3n) is 3.25. The molecule has 0 aliphatic rings. The maximum Gasteiger partial charge on any atom is 0.161 e. The molecule has 1 N–H and O–H groups in total. The lowest BCUT2D eigenvalue weighted by Gasteiger charge is -2.07. The molecule has 3 heteroatoms. The lowest BCUT2D eigenvalue weighted by Crippen LogP contribution is -1.94. The van der Waals surface area contributed by atoms with Crippen LogP contribution in [-0.4, -0.2) is 17.5 Å². The van der Waals surface area contributed by atoms with Gasteiger partial charge < -0.3 is 9.84 Å². The molecule has 0 fully saturated rings. The number of phenolic OH excluding ortho intramolecular Hbond substituents is 1. The van der Waals surface area contributed by atoms with Gasteiger partial charge >= 0.3 is 0 Å². The van der Waals surface area contributed by atoms with E-state index in [-0.39, 0.29) is 11.5 Å². The van der Waals surface area contributed by atoms with Crippen LogP contribution < -0.4 is 4.74 Å². The molecule has 0 aliphatic carbocycles. The van der Waals surface area contributed by atoms with E-state index in [9.17, 15) is 9.90 Å². The van der Waals surface area contributed by atoms with E-state index in [4.69, 9.17) is 4.74 Å². The van der Waals surface area contributed by atoms with E-state index in [0.29, 0.717) is 18.8 Å². The van der Waals surface area contributed by atoms with E-state index >= 15 is 0 Å². The fraction of sp³-hybridized carbons (Fsp3) is 0.500. The Labute approximate surface area is 127 Å². The Bertz CT molecular complexity index is 464. The monoisotopic (exact) mass is 290 g/mol. The smallest absolute Gasteiger partial charge is 0.161 e. The molecule has 0 aromatic heterocycles. The predicted molar refractivity (Wildman–Crippen MR) is 85.9 cm³/mol. The first kappa shape index (κ1) is 17.3. The average molecular weight is 290 g/mol. The molecule has 0 aliphatic heterocycles. The third kappa shape index (κ3) is 6.98. The van der Waals surface area contributed by atoms with Gasteiger partial charge in [-0.05, 0) is 50.0 Å². The van der Waals surface area contributed by atoms with E-state index in [2.05, 4.69) is 6.92 Å². The first-order chi connectivity index (χ1) is 10.2. The van der Waals surface area contributed by atoms with Crippen molar-refractivity contribution in [2.75, 3.05) is 6.61 Å². The number of carbonyl (C=O) groups excluding carboxylic acids is 1. The number of rotatable bonds is 10. The summed E-state index contributed by atoms with van der Waals surface area (Å²) in [6.45, 7) is 4.55. The van der Waals surface area contributed by atoms with Crippen LogP contribution in [0.4, 0.5) is 0 Å². The molecule has 0 unspecified atom stereocenters. The molecule has 0 amide bonds. The van der Waals surface area contributed by atoms with Gasteiger partial charge in [0.05, 0.1) is 6.61 Å². The molecule has 1 aromatic rings. The molecular formula is C18H26O3. The summed E-state index contributed by atoms with van der Waals surface area (Å²) in [6, 6.07) is 5.39. The van der Waals surface area contributed by atoms with E-state index in [1.807, 2.05) is 25.1 Å². The molecule has 1 aromatic carbocycles. The van der Waals surface area contributed by atoms with Gasteiger partial charge in [0.25, 0.3) is 0 Å². The lowest BCUT2D eigenvalue weighted by atomic mass is 10.1. The number of aromatic hydroxyl groups is 1. The average Bonchev–Trinajstić information content (AvgIpc) is 2.47. The van der Waals surface area contributed by atoms with Crippen molar-refractivity contribution in [3.8, 4) is 11.5 Å². The van der Waals surface area contributed by atoms with Crippen LogP contribution in [0.3, 0.4) is 0 Å². The quantitative estimate of drug-likeness (QED) is 0.512. The molecule has 3 nitrogen and oxygen atoms in total.